The van der Waals surface area contributed by atoms with Crippen LogP contribution in [-0.2, 0) is 9.47 Å². The van der Waals surface area contributed by atoms with Crippen LogP contribution in [-0.4, -0.2) is 43.5 Å². The second kappa shape index (κ2) is 7.34. The second-order valence-electron chi connectivity index (χ2n) is 5.80. The first-order valence-corrected chi connectivity index (χ1v) is 8.20. The molecule has 0 radical (unpaired) electrons. The highest BCUT2D eigenvalue weighted by atomic mass is 35.5. The molecule has 1 aliphatic rings. The van der Waals surface area contributed by atoms with Gasteiger partial charge in [-0.2, -0.15) is 0 Å². The molecule has 0 spiro atoms. The number of urea groups is 1. The van der Waals surface area contributed by atoms with Crippen molar-refractivity contribution in [1.82, 2.24) is 10.3 Å². The van der Waals surface area contributed by atoms with Gasteiger partial charge >= 0.3 is 6.03 Å². The van der Waals surface area contributed by atoms with Gasteiger partial charge in [-0.05, 0) is 37.1 Å². The van der Waals surface area contributed by atoms with Crippen molar-refractivity contribution in [3.63, 3.8) is 0 Å². The van der Waals surface area contributed by atoms with E-state index in [1.54, 1.807) is 13.2 Å². The van der Waals surface area contributed by atoms with Crippen molar-refractivity contribution in [2.24, 2.45) is 0 Å². The zero-order valence-corrected chi connectivity index (χ0v) is 14.4. The van der Waals surface area contributed by atoms with Gasteiger partial charge in [-0.3, -0.25) is 5.32 Å². The van der Waals surface area contributed by atoms with Crippen molar-refractivity contribution in [1.29, 1.82) is 0 Å². The van der Waals surface area contributed by atoms with Crippen LogP contribution in [0, 0.1) is 6.92 Å². The van der Waals surface area contributed by atoms with Gasteiger partial charge in [0.25, 0.3) is 0 Å². The minimum absolute atomic E-state index is 0.0462. The Bertz CT molecular complexity index is 753. The molecule has 1 fully saturated rings. The monoisotopic (exact) mass is 349 g/mol. The normalized spacial score (nSPS) is 20.8. The van der Waals surface area contributed by atoms with Crippen LogP contribution in [0.4, 0.5) is 10.6 Å². The Morgan fingerprint density at radius 2 is 2.21 bits per heavy atom. The number of hydrogen-bond donors (Lipinski definition) is 2. The van der Waals surface area contributed by atoms with E-state index >= 15 is 0 Å². The molecule has 2 N–H and O–H groups in total. The van der Waals surface area contributed by atoms with E-state index in [4.69, 9.17) is 21.1 Å². The summed E-state index contributed by atoms with van der Waals surface area (Å²) in [4.78, 5) is 16.7. The van der Waals surface area contributed by atoms with E-state index in [0.717, 1.165) is 22.9 Å². The number of rotatable bonds is 3. The van der Waals surface area contributed by atoms with E-state index in [2.05, 4.69) is 15.6 Å². The standard InChI is InChI=1S/C17H20ClN3O3/c1-10-3-5-12(18)11-4-6-15(20-16(10)11)21-17(22)19-13-9-24-8-7-14(13)23-2/h3-6,13-14H,7-9H2,1-2H3,(H2,19,20,21,22)/t13-,14-/m1/s1. The molecule has 0 unspecified atom stereocenters. The smallest absolute Gasteiger partial charge is 0.320 e. The summed E-state index contributed by atoms with van der Waals surface area (Å²) in [6, 6.07) is 6.83. The number of fused-ring (bicyclic) bond motifs is 1. The molecule has 1 aromatic heterocycles. The number of ether oxygens (including phenoxy) is 2. The van der Waals surface area contributed by atoms with Crippen LogP contribution in [0.15, 0.2) is 24.3 Å². The quantitative estimate of drug-likeness (QED) is 0.893. The molecular weight excluding hydrogens is 330 g/mol. The zero-order valence-electron chi connectivity index (χ0n) is 13.6. The fourth-order valence-corrected chi connectivity index (χ4v) is 3.06. The zero-order chi connectivity index (χ0) is 17.1. The lowest BCUT2D eigenvalue weighted by Gasteiger charge is -2.30. The molecule has 6 nitrogen and oxygen atoms in total. The van der Waals surface area contributed by atoms with E-state index in [1.165, 1.54) is 0 Å². The summed E-state index contributed by atoms with van der Waals surface area (Å²) in [5.41, 5.74) is 1.77. The predicted molar refractivity (Wildman–Crippen MR) is 93.7 cm³/mol. The van der Waals surface area contributed by atoms with E-state index < -0.39 is 0 Å². The van der Waals surface area contributed by atoms with E-state index in [9.17, 15) is 4.79 Å². The van der Waals surface area contributed by atoms with Crippen LogP contribution in [0.5, 0.6) is 0 Å². The Morgan fingerprint density at radius 1 is 1.38 bits per heavy atom. The largest absolute Gasteiger partial charge is 0.379 e. The number of nitrogens with one attached hydrogen (secondary N) is 2. The van der Waals surface area contributed by atoms with Gasteiger partial charge in [0.15, 0.2) is 0 Å². The third-order valence-electron chi connectivity index (χ3n) is 4.16. The summed E-state index contributed by atoms with van der Waals surface area (Å²) in [7, 11) is 1.64. The molecule has 1 aromatic carbocycles. The van der Waals surface area contributed by atoms with Gasteiger partial charge in [-0.1, -0.05) is 17.7 Å². The topological polar surface area (TPSA) is 72.5 Å². The molecule has 24 heavy (non-hydrogen) atoms. The maximum Gasteiger partial charge on any atom is 0.320 e. The van der Waals surface area contributed by atoms with Crippen molar-refractivity contribution >= 4 is 34.4 Å². The third kappa shape index (κ3) is 3.61. The molecule has 1 aliphatic heterocycles. The molecule has 0 aliphatic carbocycles. The maximum atomic E-state index is 12.2. The van der Waals surface area contributed by atoms with Crippen molar-refractivity contribution in [2.45, 2.75) is 25.5 Å². The molecule has 0 saturated carbocycles. The number of halogens is 1. The first kappa shape index (κ1) is 17.0. The number of methoxy groups -OCH3 is 1. The Balaban J connectivity index is 1.72. The fourth-order valence-electron chi connectivity index (χ4n) is 2.84. The predicted octanol–water partition coefficient (Wildman–Crippen LogP) is 3.12. The van der Waals surface area contributed by atoms with Crippen molar-refractivity contribution in [2.75, 3.05) is 25.6 Å². The van der Waals surface area contributed by atoms with Crippen LogP contribution in [0.3, 0.4) is 0 Å². The number of aromatic nitrogens is 1. The molecule has 2 atom stereocenters. The molecule has 2 amide bonds. The molecule has 2 heterocycles. The number of carbonyl (C=O) groups excluding carboxylic acids is 1. The summed E-state index contributed by atoms with van der Waals surface area (Å²) in [6.45, 7) is 3.04. The summed E-state index contributed by atoms with van der Waals surface area (Å²) >= 11 is 6.18. The van der Waals surface area contributed by atoms with E-state index in [-0.39, 0.29) is 18.2 Å². The minimum atomic E-state index is -0.334. The highest BCUT2D eigenvalue weighted by molar-refractivity contribution is 6.35. The summed E-state index contributed by atoms with van der Waals surface area (Å²) in [6.07, 6.45) is 0.711. The average molecular weight is 350 g/mol. The van der Waals surface area contributed by atoms with Gasteiger partial charge < -0.3 is 14.8 Å². The fraction of sp³-hybridized carbons (Fsp3) is 0.412. The summed E-state index contributed by atoms with van der Waals surface area (Å²) in [5.74, 6) is 0.469. The van der Waals surface area contributed by atoms with Crippen LogP contribution < -0.4 is 10.6 Å². The number of benzene rings is 1. The summed E-state index contributed by atoms with van der Waals surface area (Å²) in [5, 5.41) is 7.14. The molecule has 1 saturated heterocycles. The van der Waals surface area contributed by atoms with E-state index in [1.807, 2.05) is 25.1 Å². The lowest BCUT2D eigenvalue weighted by Crippen LogP contribution is -2.51. The first-order valence-electron chi connectivity index (χ1n) is 7.82. The van der Waals surface area contributed by atoms with Crippen molar-refractivity contribution in [3.05, 3.63) is 34.9 Å². The number of anilines is 1. The molecule has 3 rings (SSSR count). The Hall–Kier alpha value is -1.89. The molecule has 7 heteroatoms. The van der Waals surface area contributed by atoms with Gasteiger partial charge in [0.2, 0.25) is 0 Å². The average Bonchev–Trinajstić information content (AvgIpc) is 2.59. The van der Waals surface area contributed by atoms with Gasteiger partial charge in [-0.15, -0.1) is 0 Å². The van der Waals surface area contributed by atoms with E-state index in [0.29, 0.717) is 24.1 Å². The summed E-state index contributed by atoms with van der Waals surface area (Å²) < 4.78 is 10.8. The number of nitrogens with zero attached hydrogens (tertiary/aromatic N) is 1. The number of carbonyl (C=O) groups is 1. The van der Waals surface area contributed by atoms with Gasteiger partial charge in [0.05, 0.1) is 24.3 Å². The number of amides is 2. The third-order valence-corrected chi connectivity index (χ3v) is 4.49. The van der Waals surface area contributed by atoms with Gasteiger partial charge in [-0.25, -0.2) is 9.78 Å². The first-order chi connectivity index (χ1) is 11.6. The van der Waals surface area contributed by atoms with Gasteiger partial charge in [0.1, 0.15) is 5.82 Å². The highest BCUT2D eigenvalue weighted by Crippen LogP contribution is 2.26. The minimum Gasteiger partial charge on any atom is -0.379 e. The Morgan fingerprint density at radius 3 is 3.00 bits per heavy atom. The van der Waals surface area contributed by atoms with Crippen LogP contribution in [0.2, 0.25) is 5.02 Å². The van der Waals surface area contributed by atoms with Gasteiger partial charge in [0, 0.05) is 24.1 Å². The van der Waals surface area contributed by atoms with Crippen LogP contribution >= 0.6 is 11.6 Å². The molecular formula is C17H20ClN3O3. The highest BCUT2D eigenvalue weighted by Gasteiger charge is 2.27. The number of aryl methyl sites for hydroxylation is 1. The van der Waals surface area contributed by atoms with Crippen molar-refractivity contribution < 1.29 is 14.3 Å². The molecule has 0 bridgehead atoms. The molecule has 2 aromatic rings. The number of hydrogen-bond acceptors (Lipinski definition) is 4. The Kier molecular flexibility index (Phi) is 5.18. The second-order valence-corrected chi connectivity index (χ2v) is 6.21. The lowest BCUT2D eigenvalue weighted by atomic mass is 10.1. The number of pyridine rings is 1. The van der Waals surface area contributed by atoms with Crippen LogP contribution in [0.1, 0.15) is 12.0 Å². The maximum absolute atomic E-state index is 12.2. The Labute approximate surface area is 145 Å². The lowest BCUT2D eigenvalue weighted by molar-refractivity contribution is -0.0330. The SMILES string of the molecule is CO[C@@H]1CCOC[C@H]1NC(=O)Nc1ccc2c(Cl)ccc(C)c2n1. The molecule has 128 valence electrons. The van der Waals surface area contributed by atoms with Crippen LogP contribution in [0.25, 0.3) is 10.9 Å². The van der Waals surface area contributed by atoms with Crippen molar-refractivity contribution in [3.8, 4) is 0 Å².